The van der Waals surface area contributed by atoms with Gasteiger partial charge in [0.05, 0.1) is 0 Å². The normalized spacial score (nSPS) is 18.3. The average molecular weight is 286 g/mol. The van der Waals surface area contributed by atoms with E-state index in [0.29, 0.717) is 12.1 Å². The van der Waals surface area contributed by atoms with E-state index in [2.05, 4.69) is 10.1 Å². The molecule has 1 amide bonds. The third-order valence-electron chi connectivity index (χ3n) is 3.69. The Balaban J connectivity index is 1.98. The molecule has 7 nitrogen and oxygen atoms in total. The molecule has 2 atom stereocenters. The number of carboxylic acid groups (broad SMARTS) is 1. The minimum atomic E-state index is -1.01. The van der Waals surface area contributed by atoms with Gasteiger partial charge in [-0.1, -0.05) is 18.2 Å². The summed E-state index contributed by atoms with van der Waals surface area (Å²) < 4.78 is 1.42. The fourth-order valence-corrected chi connectivity index (χ4v) is 2.59. The minimum Gasteiger partial charge on any atom is -0.480 e. The zero-order valence-corrected chi connectivity index (χ0v) is 11.4. The number of aromatic nitrogens is 3. The van der Waals surface area contributed by atoms with E-state index in [4.69, 9.17) is 0 Å². The molecule has 1 aliphatic heterocycles. The molecule has 2 aromatic rings. The van der Waals surface area contributed by atoms with Crippen molar-refractivity contribution in [2.24, 2.45) is 0 Å². The number of benzene rings is 1. The van der Waals surface area contributed by atoms with Gasteiger partial charge in [0.1, 0.15) is 24.7 Å². The van der Waals surface area contributed by atoms with Crippen LogP contribution >= 0.6 is 0 Å². The van der Waals surface area contributed by atoms with Crippen LogP contribution < -0.4 is 4.90 Å². The number of anilines is 1. The van der Waals surface area contributed by atoms with Gasteiger partial charge in [-0.3, -0.25) is 9.69 Å². The quantitative estimate of drug-likeness (QED) is 0.905. The molecule has 2 unspecified atom stereocenters. The zero-order chi connectivity index (χ0) is 15.0. The van der Waals surface area contributed by atoms with Crippen molar-refractivity contribution in [2.45, 2.75) is 25.4 Å². The number of fused-ring (bicyclic) bond motifs is 1. The number of carboxylic acids is 1. The summed E-state index contributed by atoms with van der Waals surface area (Å²) >= 11 is 0. The maximum Gasteiger partial charge on any atom is 0.327 e. The van der Waals surface area contributed by atoms with Crippen LogP contribution in [-0.2, 0) is 16.0 Å². The van der Waals surface area contributed by atoms with Crippen LogP contribution in [0.4, 0.5) is 5.69 Å². The summed E-state index contributed by atoms with van der Waals surface area (Å²) in [5.74, 6) is -1.32. The Hall–Kier alpha value is -2.70. The molecule has 0 aliphatic carbocycles. The predicted octanol–water partition coefficient (Wildman–Crippen LogP) is 0.882. The molecule has 3 rings (SSSR count). The summed E-state index contributed by atoms with van der Waals surface area (Å²) in [6, 6.07) is 5.76. The van der Waals surface area contributed by atoms with Gasteiger partial charge in [0.15, 0.2) is 0 Å². The fourth-order valence-electron chi connectivity index (χ4n) is 2.59. The molecule has 0 radical (unpaired) electrons. The SMILES string of the molecule is CC(C(=O)N1c2ccccc2CC1C(=O)O)n1cncn1. The first-order valence-corrected chi connectivity index (χ1v) is 6.57. The largest absolute Gasteiger partial charge is 0.480 e. The first-order chi connectivity index (χ1) is 10.1. The lowest BCUT2D eigenvalue weighted by Crippen LogP contribution is -2.45. The summed E-state index contributed by atoms with van der Waals surface area (Å²) in [4.78, 5) is 29.3. The Kier molecular flexibility index (Phi) is 3.17. The number of amides is 1. The van der Waals surface area contributed by atoms with Gasteiger partial charge in [0.25, 0.3) is 5.91 Å². The van der Waals surface area contributed by atoms with Crippen molar-refractivity contribution in [1.29, 1.82) is 0 Å². The van der Waals surface area contributed by atoms with Crippen molar-refractivity contribution in [3.8, 4) is 0 Å². The number of aliphatic carboxylic acids is 1. The smallest absolute Gasteiger partial charge is 0.327 e. The Morgan fingerprint density at radius 1 is 1.38 bits per heavy atom. The second-order valence-corrected chi connectivity index (χ2v) is 4.95. The van der Waals surface area contributed by atoms with Crippen LogP contribution in [0.3, 0.4) is 0 Å². The van der Waals surface area contributed by atoms with Gasteiger partial charge >= 0.3 is 5.97 Å². The molecule has 1 aromatic heterocycles. The number of carbonyl (C=O) groups excluding carboxylic acids is 1. The molecule has 0 spiro atoms. The van der Waals surface area contributed by atoms with Crippen LogP contribution in [0.1, 0.15) is 18.5 Å². The molecule has 0 saturated carbocycles. The molecule has 2 heterocycles. The number of hydrogen-bond donors (Lipinski definition) is 1. The Morgan fingerprint density at radius 3 is 2.81 bits per heavy atom. The number of rotatable bonds is 3. The summed E-state index contributed by atoms with van der Waals surface area (Å²) in [6.07, 6.45) is 3.11. The van der Waals surface area contributed by atoms with Crippen molar-refractivity contribution in [1.82, 2.24) is 14.8 Å². The molecule has 1 N–H and O–H groups in total. The Morgan fingerprint density at radius 2 is 2.14 bits per heavy atom. The highest BCUT2D eigenvalue weighted by Crippen LogP contribution is 2.33. The molecule has 1 aliphatic rings. The summed E-state index contributed by atoms with van der Waals surface area (Å²) in [5, 5.41) is 13.3. The van der Waals surface area contributed by atoms with E-state index < -0.39 is 18.1 Å². The van der Waals surface area contributed by atoms with Gasteiger partial charge in [0.2, 0.25) is 0 Å². The first kappa shape index (κ1) is 13.3. The lowest BCUT2D eigenvalue weighted by Gasteiger charge is -2.25. The standard InChI is InChI=1S/C14H14N4O3/c1-9(17-8-15-7-16-17)13(19)18-11-5-3-2-4-10(11)6-12(18)14(20)21/h2-5,7-9,12H,6H2,1H3,(H,20,21). The Bertz CT molecular complexity index is 683. The maximum atomic E-state index is 12.7. The lowest BCUT2D eigenvalue weighted by molar-refractivity contribution is -0.140. The van der Waals surface area contributed by atoms with Crippen LogP contribution in [-0.4, -0.2) is 37.8 Å². The highest BCUT2D eigenvalue weighted by molar-refractivity contribution is 6.03. The van der Waals surface area contributed by atoms with Gasteiger partial charge in [-0.2, -0.15) is 5.10 Å². The average Bonchev–Trinajstić information content (AvgIpc) is 3.12. The van der Waals surface area contributed by atoms with Crippen LogP contribution in [0.5, 0.6) is 0 Å². The second kappa shape index (κ2) is 5.01. The van der Waals surface area contributed by atoms with Gasteiger partial charge in [-0.15, -0.1) is 0 Å². The third kappa shape index (κ3) is 2.16. The van der Waals surface area contributed by atoms with Gasteiger partial charge < -0.3 is 5.11 Å². The summed E-state index contributed by atoms with van der Waals surface area (Å²) in [6.45, 7) is 1.68. The van der Waals surface area contributed by atoms with E-state index in [1.807, 2.05) is 12.1 Å². The summed E-state index contributed by atoms with van der Waals surface area (Å²) in [5.41, 5.74) is 1.52. The van der Waals surface area contributed by atoms with Crippen molar-refractivity contribution < 1.29 is 14.7 Å². The van der Waals surface area contributed by atoms with E-state index in [9.17, 15) is 14.7 Å². The maximum absolute atomic E-state index is 12.7. The molecule has 1 aromatic carbocycles. The van der Waals surface area contributed by atoms with Gasteiger partial charge in [0, 0.05) is 12.1 Å². The van der Waals surface area contributed by atoms with Crippen LogP contribution in [0.15, 0.2) is 36.9 Å². The van der Waals surface area contributed by atoms with Crippen LogP contribution in [0.25, 0.3) is 0 Å². The van der Waals surface area contributed by atoms with Crippen molar-refractivity contribution in [3.05, 3.63) is 42.5 Å². The zero-order valence-electron chi connectivity index (χ0n) is 11.4. The number of hydrogen-bond acceptors (Lipinski definition) is 4. The highest BCUT2D eigenvalue weighted by atomic mass is 16.4. The molecule has 0 saturated heterocycles. The topological polar surface area (TPSA) is 88.3 Å². The van der Waals surface area contributed by atoms with Crippen molar-refractivity contribution >= 4 is 17.6 Å². The van der Waals surface area contributed by atoms with Gasteiger partial charge in [-0.05, 0) is 18.6 Å². The van der Waals surface area contributed by atoms with Crippen molar-refractivity contribution in [3.63, 3.8) is 0 Å². The molecular weight excluding hydrogens is 272 g/mol. The van der Waals surface area contributed by atoms with Crippen LogP contribution in [0, 0.1) is 0 Å². The van der Waals surface area contributed by atoms with Crippen molar-refractivity contribution in [2.75, 3.05) is 4.90 Å². The number of nitrogens with zero attached hydrogens (tertiary/aromatic N) is 4. The predicted molar refractivity (Wildman–Crippen MR) is 73.8 cm³/mol. The second-order valence-electron chi connectivity index (χ2n) is 4.95. The molecule has 21 heavy (non-hydrogen) atoms. The van der Waals surface area contributed by atoms with E-state index >= 15 is 0 Å². The fraction of sp³-hybridized carbons (Fsp3) is 0.286. The monoisotopic (exact) mass is 286 g/mol. The van der Waals surface area contributed by atoms with E-state index in [1.165, 1.54) is 22.2 Å². The summed E-state index contributed by atoms with van der Waals surface area (Å²) in [7, 11) is 0. The minimum absolute atomic E-state index is 0.308. The van der Waals surface area contributed by atoms with E-state index in [0.717, 1.165) is 5.56 Å². The number of carbonyl (C=O) groups is 2. The lowest BCUT2D eigenvalue weighted by atomic mass is 10.1. The van der Waals surface area contributed by atoms with E-state index in [-0.39, 0.29) is 5.91 Å². The van der Waals surface area contributed by atoms with E-state index in [1.54, 1.807) is 19.1 Å². The van der Waals surface area contributed by atoms with Gasteiger partial charge in [-0.25, -0.2) is 14.5 Å². The molecule has 0 fully saturated rings. The third-order valence-corrected chi connectivity index (χ3v) is 3.69. The molecule has 7 heteroatoms. The molecule has 108 valence electrons. The highest BCUT2D eigenvalue weighted by Gasteiger charge is 2.40. The molecular formula is C14H14N4O3. The first-order valence-electron chi connectivity index (χ1n) is 6.57. The Labute approximate surface area is 120 Å². The molecule has 0 bridgehead atoms. The number of para-hydroxylation sites is 1. The van der Waals surface area contributed by atoms with Crippen LogP contribution in [0.2, 0.25) is 0 Å².